The first kappa shape index (κ1) is 11.9. The predicted octanol–water partition coefficient (Wildman–Crippen LogP) is 4.02. The van der Waals surface area contributed by atoms with Crippen molar-refractivity contribution < 1.29 is 0 Å². The van der Waals surface area contributed by atoms with Crippen LogP contribution >= 0.6 is 11.6 Å². The molecule has 3 rings (SSSR count). The molecule has 2 fully saturated rings. The van der Waals surface area contributed by atoms with Crippen molar-refractivity contribution in [2.75, 3.05) is 0 Å². The summed E-state index contributed by atoms with van der Waals surface area (Å²) in [5.41, 5.74) is 0. The van der Waals surface area contributed by atoms with E-state index in [1.165, 1.54) is 38.5 Å². The number of hydrogen-bond acceptors (Lipinski definition) is 1. The molecule has 2 aliphatic heterocycles. The van der Waals surface area contributed by atoms with Gasteiger partial charge in [0.15, 0.2) is 0 Å². The van der Waals surface area contributed by atoms with E-state index in [1.54, 1.807) is 0 Å². The lowest BCUT2D eigenvalue weighted by Crippen LogP contribution is -2.45. The molecular weight excluding hydrogens is 218 g/mol. The molecule has 16 heavy (non-hydrogen) atoms. The summed E-state index contributed by atoms with van der Waals surface area (Å²) in [6.45, 7) is 0. The Labute approximate surface area is 103 Å². The molecule has 0 aliphatic carbocycles. The summed E-state index contributed by atoms with van der Waals surface area (Å²) >= 11 is 5.54. The second-order valence-electron chi connectivity index (χ2n) is 4.72. The number of benzene rings is 1. The molecule has 0 amide bonds. The maximum Gasteiger partial charge on any atom is 0.0405 e. The lowest BCUT2D eigenvalue weighted by Gasteiger charge is -2.35. The zero-order valence-corrected chi connectivity index (χ0v) is 10.4. The highest BCUT2D eigenvalue weighted by atomic mass is 35.5. The third kappa shape index (κ3) is 3.80. The van der Waals surface area contributed by atoms with Crippen LogP contribution in [0.15, 0.2) is 30.3 Å². The molecule has 2 aliphatic rings. The third-order valence-electron chi connectivity index (χ3n) is 3.41. The lowest BCUT2D eigenvalue weighted by atomic mass is 9.87. The fraction of sp³-hybridized carbons (Fsp3) is 0.571. The maximum atomic E-state index is 5.54. The quantitative estimate of drug-likeness (QED) is 0.719. The SMILES string of the molecule is C1CC2CCCC(C1)N2.Clc1ccccc1. The summed E-state index contributed by atoms with van der Waals surface area (Å²) in [5, 5.41) is 4.45. The Bertz CT molecular complexity index is 279. The highest BCUT2D eigenvalue weighted by Gasteiger charge is 2.24. The maximum absolute atomic E-state index is 5.54. The van der Waals surface area contributed by atoms with Gasteiger partial charge in [0.25, 0.3) is 0 Å². The molecule has 88 valence electrons. The minimum absolute atomic E-state index is 0.794. The molecule has 1 aromatic carbocycles. The van der Waals surface area contributed by atoms with E-state index < -0.39 is 0 Å². The van der Waals surface area contributed by atoms with Crippen molar-refractivity contribution in [1.29, 1.82) is 0 Å². The molecule has 0 unspecified atom stereocenters. The summed E-state index contributed by atoms with van der Waals surface area (Å²) in [4.78, 5) is 0. The van der Waals surface area contributed by atoms with E-state index in [0.29, 0.717) is 0 Å². The van der Waals surface area contributed by atoms with E-state index in [0.717, 1.165) is 17.1 Å². The van der Waals surface area contributed by atoms with E-state index in [2.05, 4.69) is 5.32 Å². The Morgan fingerprint density at radius 3 is 1.69 bits per heavy atom. The van der Waals surface area contributed by atoms with Gasteiger partial charge in [-0.3, -0.25) is 0 Å². The molecule has 1 aromatic rings. The van der Waals surface area contributed by atoms with Gasteiger partial charge in [-0.25, -0.2) is 0 Å². The lowest BCUT2D eigenvalue weighted by molar-refractivity contribution is 0.243. The monoisotopic (exact) mass is 237 g/mol. The van der Waals surface area contributed by atoms with Crippen LogP contribution in [0.3, 0.4) is 0 Å². The van der Waals surface area contributed by atoms with Gasteiger partial charge >= 0.3 is 0 Å². The molecule has 2 heteroatoms. The molecule has 0 spiro atoms. The average Bonchev–Trinajstić information content (AvgIpc) is 2.31. The van der Waals surface area contributed by atoms with E-state index in [4.69, 9.17) is 11.6 Å². The van der Waals surface area contributed by atoms with Gasteiger partial charge in [0.1, 0.15) is 0 Å². The van der Waals surface area contributed by atoms with Crippen LogP contribution in [0.1, 0.15) is 38.5 Å². The Morgan fingerprint density at radius 1 is 0.875 bits per heavy atom. The van der Waals surface area contributed by atoms with Gasteiger partial charge in [-0.15, -0.1) is 0 Å². The molecule has 2 saturated heterocycles. The van der Waals surface area contributed by atoms with Crippen molar-refractivity contribution in [3.05, 3.63) is 35.4 Å². The number of nitrogens with one attached hydrogen (secondary N) is 1. The van der Waals surface area contributed by atoms with Gasteiger partial charge in [-0.05, 0) is 37.8 Å². The minimum Gasteiger partial charge on any atom is -0.311 e. The van der Waals surface area contributed by atoms with Crippen molar-refractivity contribution in [3.63, 3.8) is 0 Å². The molecule has 2 bridgehead atoms. The van der Waals surface area contributed by atoms with Gasteiger partial charge in [-0.1, -0.05) is 42.6 Å². The number of fused-ring (bicyclic) bond motifs is 2. The topological polar surface area (TPSA) is 12.0 Å². The zero-order chi connectivity index (χ0) is 11.2. The molecule has 1 N–H and O–H groups in total. The van der Waals surface area contributed by atoms with Crippen molar-refractivity contribution in [1.82, 2.24) is 5.32 Å². The van der Waals surface area contributed by atoms with E-state index >= 15 is 0 Å². The normalized spacial score (nSPS) is 27.8. The van der Waals surface area contributed by atoms with Crippen LogP contribution in [-0.4, -0.2) is 12.1 Å². The Hall–Kier alpha value is -0.530. The van der Waals surface area contributed by atoms with Crippen LogP contribution in [0.2, 0.25) is 5.02 Å². The van der Waals surface area contributed by atoms with Gasteiger partial charge in [0.05, 0.1) is 0 Å². The van der Waals surface area contributed by atoms with Crippen LogP contribution in [-0.2, 0) is 0 Å². The highest BCUT2D eigenvalue weighted by Crippen LogP contribution is 2.24. The Morgan fingerprint density at radius 2 is 1.38 bits per heavy atom. The largest absolute Gasteiger partial charge is 0.311 e. The molecule has 0 radical (unpaired) electrons. The van der Waals surface area contributed by atoms with Crippen LogP contribution in [0.25, 0.3) is 0 Å². The minimum atomic E-state index is 0.794. The van der Waals surface area contributed by atoms with Crippen LogP contribution in [0.4, 0.5) is 0 Å². The second kappa shape index (κ2) is 6.27. The highest BCUT2D eigenvalue weighted by molar-refractivity contribution is 6.30. The summed E-state index contributed by atoms with van der Waals surface area (Å²) in [5.74, 6) is 0. The van der Waals surface area contributed by atoms with E-state index in [9.17, 15) is 0 Å². The van der Waals surface area contributed by atoms with Crippen molar-refractivity contribution in [3.8, 4) is 0 Å². The summed E-state index contributed by atoms with van der Waals surface area (Å²) < 4.78 is 0. The molecule has 2 heterocycles. The van der Waals surface area contributed by atoms with Crippen LogP contribution < -0.4 is 5.32 Å². The molecule has 1 nitrogen and oxygen atoms in total. The fourth-order valence-corrected chi connectivity index (χ4v) is 2.74. The second-order valence-corrected chi connectivity index (χ2v) is 5.15. The van der Waals surface area contributed by atoms with Crippen molar-refractivity contribution in [2.45, 2.75) is 50.6 Å². The molecule has 0 saturated carbocycles. The molecule has 0 atom stereocenters. The molecular formula is C14H20ClN. The average molecular weight is 238 g/mol. The standard InChI is InChI=1S/C8H15N.C6H5Cl/c1-3-7-5-2-6-8(4-1)9-7;7-6-4-2-1-3-5-6/h7-9H,1-6H2;1-5H. The number of piperidine rings is 2. The smallest absolute Gasteiger partial charge is 0.0405 e. The summed E-state index contributed by atoms with van der Waals surface area (Å²) in [6, 6.07) is 11.2. The summed E-state index contributed by atoms with van der Waals surface area (Å²) in [6.07, 6.45) is 8.71. The van der Waals surface area contributed by atoms with Gasteiger partial charge in [0, 0.05) is 17.1 Å². The van der Waals surface area contributed by atoms with Crippen molar-refractivity contribution in [2.24, 2.45) is 0 Å². The number of halogens is 1. The first-order chi connectivity index (χ1) is 7.84. The number of rotatable bonds is 0. The fourth-order valence-electron chi connectivity index (χ4n) is 2.59. The Kier molecular flexibility index (Phi) is 4.68. The summed E-state index contributed by atoms with van der Waals surface area (Å²) in [7, 11) is 0. The third-order valence-corrected chi connectivity index (χ3v) is 3.67. The first-order valence-electron chi connectivity index (χ1n) is 6.31. The Balaban J connectivity index is 0.000000125. The van der Waals surface area contributed by atoms with Crippen molar-refractivity contribution >= 4 is 11.6 Å². The van der Waals surface area contributed by atoms with Crippen LogP contribution in [0.5, 0.6) is 0 Å². The van der Waals surface area contributed by atoms with E-state index in [1.807, 2.05) is 30.3 Å². The van der Waals surface area contributed by atoms with Crippen LogP contribution in [0, 0.1) is 0 Å². The van der Waals surface area contributed by atoms with E-state index in [-0.39, 0.29) is 0 Å². The van der Waals surface area contributed by atoms with Gasteiger partial charge < -0.3 is 5.32 Å². The van der Waals surface area contributed by atoms with Gasteiger partial charge in [-0.2, -0.15) is 0 Å². The predicted molar refractivity (Wildman–Crippen MR) is 69.9 cm³/mol. The van der Waals surface area contributed by atoms with Gasteiger partial charge in [0.2, 0.25) is 0 Å². The molecule has 0 aromatic heterocycles. The first-order valence-corrected chi connectivity index (χ1v) is 6.69. The number of hydrogen-bond donors (Lipinski definition) is 1. The zero-order valence-electron chi connectivity index (χ0n) is 9.66.